The van der Waals surface area contributed by atoms with Crippen molar-refractivity contribution in [3.63, 3.8) is 0 Å². The molecule has 4 rings (SSSR count). The zero-order valence-electron chi connectivity index (χ0n) is 14.1. The third kappa shape index (κ3) is 3.84. The van der Waals surface area contributed by atoms with E-state index in [0.29, 0.717) is 34.2 Å². The van der Waals surface area contributed by atoms with Crippen LogP contribution < -0.4 is 9.64 Å². The summed E-state index contributed by atoms with van der Waals surface area (Å²) in [5.41, 5.74) is 1.51. The lowest BCUT2D eigenvalue weighted by atomic mass is 10.2. The summed E-state index contributed by atoms with van der Waals surface area (Å²) < 4.78 is 6.71. The molecule has 1 aliphatic heterocycles. The van der Waals surface area contributed by atoms with Gasteiger partial charge in [-0.3, -0.25) is 10.1 Å². The fourth-order valence-electron chi connectivity index (χ4n) is 3.27. The van der Waals surface area contributed by atoms with Gasteiger partial charge in [-0.15, -0.1) is 0 Å². The second-order valence-electron chi connectivity index (χ2n) is 6.35. The fraction of sp³-hybridized carbons (Fsp3) is 0.211. The topological polar surface area (TPSA) is 68.5 Å². The Morgan fingerprint density at radius 3 is 2.89 bits per heavy atom. The van der Waals surface area contributed by atoms with Gasteiger partial charge in [-0.05, 0) is 36.4 Å². The normalized spacial score (nSPS) is 16.7. The van der Waals surface area contributed by atoms with Crippen LogP contribution in [0.4, 0.5) is 11.4 Å². The third-order valence-electron chi connectivity index (χ3n) is 4.53. The van der Waals surface area contributed by atoms with Gasteiger partial charge in [0, 0.05) is 40.0 Å². The molecule has 2 heterocycles. The Morgan fingerprint density at radius 1 is 1.22 bits per heavy atom. The Kier molecular flexibility index (Phi) is 4.88. The maximum atomic E-state index is 11.4. The number of aromatic nitrogens is 1. The van der Waals surface area contributed by atoms with Crippen molar-refractivity contribution >= 4 is 49.8 Å². The van der Waals surface area contributed by atoms with Gasteiger partial charge in [0.15, 0.2) is 0 Å². The van der Waals surface area contributed by atoms with Gasteiger partial charge >= 0.3 is 0 Å². The van der Waals surface area contributed by atoms with E-state index in [1.54, 1.807) is 12.1 Å². The second kappa shape index (κ2) is 7.32. The zero-order valence-corrected chi connectivity index (χ0v) is 16.5. The lowest BCUT2D eigenvalue weighted by Crippen LogP contribution is -2.25. The summed E-state index contributed by atoms with van der Waals surface area (Å²) in [7, 11) is 0. The summed E-state index contributed by atoms with van der Waals surface area (Å²) in [5.74, 6) is 0.543. The molecule has 1 aromatic heterocycles. The standard InChI is InChI=1S/C19H15BrClN3O3/c20-13-2-5-17(18(10-13)24(25)26)23-8-7-15(11-23)27-19-6-1-12-9-14(21)3-4-16(12)22-19/h1-6,9-10,15H,7-8,11H2. The van der Waals surface area contributed by atoms with Crippen molar-refractivity contribution in [3.05, 3.63) is 68.1 Å². The van der Waals surface area contributed by atoms with Crippen LogP contribution in [-0.4, -0.2) is 29.1 Å². The molecule has 0 radical (unpaired) electrons. The first-order valence-electron chi connectivity index (χ1n) is 8.41. The molecule has 0 amide bonds. The number of pyridine rings is 1. The maximum absolute atomic E-state index is 11.4. The summed E-state index contributed by atoms with van der Waals surface area (Å²) in [6, 6.07) is 14.4. The summed E-state index contributed by atoms with van der Waals surface area (Å²) in [5, 5.41) is 13.0. The number of rotatable bonds is 4. The first-order chi connectivity index (χ1) is 13.0. The number of benzene rings is 2. The first-order valence-corrected chi connectivity index (χ1v) is 9.58. The van der Waals surface area contributed by atoms with Crippen LogP contribution in [0.1, 0.15) is 6.42 Å². The van der Waals surface area contributed by atoms with Crippen molar-refractivity contribution in [1.82, 2.24) is 4.98 Å². The molecule has 1 atom stereocenters. The molecule has 0 aliphatic carbocycles. The van der Waals surface area contributed by atoms with Crippen LogP contribution in [-0.2, 0) is 0 Å². The van der Waals surface area contributed by atoms with Gasteiger partial charge in [0.05, 0.1) is 17.0 Å². The van der Waals surface area contributed by atoms with Gasteiger partial charge in [0.2, 0.25) is 5.88 Å². The Hall–Kier alpha value is -2.38. The number of nitrogens with zero attached hydrogens (tertiary/aromatic N) is 3. The van der Waals surface area contributed by atoms with Crippen LogP contribution in [0.25, 0.3) is 10.9 Å². The zero-order chi connectivity index (χ0) is 19.0. The number of hydrogen-bond acceptors (Lipinski definition) is 5. The minimum Gasteiger partial charge on any atom is -0.472 e. The maximum Gasteiger partial charge on any atom is 0.293 e. The molecule has 0 spiro atoms. The van der Waals surface area contributed by atoms with Crippen molar-refractivity contribution in [2.75, 3.05) is 18.0 Å². The van der Waals surface area contributed by atoms with E-state index < -0.39 is 0 Å². The second-order valence-corrected chi connectivity index (χ2v) is 7.70. The van der Waals surface area contributed by atoms with Crippen molar-refractivity contribution in [2.24, 2.45) is 0 Å². The first kappa shape index (κ1) is 18.0. The molecule has 1 aliphatic rings. The highest BCUT2D eigenvalue weighted by Crippen LogP contribution is 2.34. The number of fused-ring (bicyclic) bond motifs is 1. The molecule has 0 saturated carbocycles. The molecule has 2 aromatic carbocycles. The van der Waals surface area contributed by atoms with E-state index in [0.717, 1.165) is 17.3 Å². The van der Waals surface area contributed by atoms with E-state index in [1.807, 2.05) is 35.2 Å². The van der Waals surface area contributed by atoms with Crippen LogP contribution >= 0.6 is 27.5 Å². The molecular formula is C19H15BrClN3O3. The van der Waals surface area contributed by atoms with Crippen LogP contribution in [0.15, 0.2) is 53.0 Å². The predicted octanol–water partition coefficient (Wildman–Crippen LogP) is 5.22. The molecule has 1 fully saturated rings. The molecule has 1 unspecified atom stereocenters. The Bertz CT molecular complexity index is 1030. The molecule has 27 heavy (non-hydrogen) atoms. The van der Waals surface area contributed by atoms with E-state index in [2.05, 4.69) is 20.9 Å². The number of anilines is 1. The smallest absolute Gasteiger partial charge is 0.293 e. The average molecular weight is 449 g/mol. The Balaban J connectivity index is 1.50. The molecule has 6 nitrogen and oxygen atoms in total. The quantitative estimate of drug-likeness (QED) is 0.404. The summed E-state index contributed by atoms with van der Waals surface area (Å²) >= 11 is 9.29. The minimum atomic E-state index is -0.357. The highest BCUT2D eigenvalue weighted by molar-refractivity contribution is 9.10. The fourth-order valence-corrected chi connectivity index (χ4v) is 3.80. The number of halogens is 2. The van der Waals surface area contributed by atoms with Crippen LogP contribution in [0.2, 0.25) is 5.02 Å². The van der Waals surface area contributed by atoms with Crippen molar-refractivity contribution < 1.29 is 9.66 Å². The van der Waals surface area contributed by atoms with Crippen LogP contribution in [0.3, 0.4) is 0 Å². The van der Waals surface area contributed by atoms with Gasteiger partial charge in [0.25, 0.3) is 5.69 Å². The van der Waals surface area contributed by atoms with E-state index in [9.17, 15) is 10.1 Å². The van der Waals surface area contributed by atoms with Gasteiger partial charge in [-0.25, -0.2) is 4.98 Å². The number of ether oxygens (including phenoxy) is 1. The lowest BCUT2D eigenvalue weighted by Gasteiger charge is -2.19. The highest BCUT2D eigenvalue weighted by atomic mass is 79.9. The Morgan fingerprint density at radius 2 is 2.07 bits per heavy atom. The van der Waals surface area contributed by atoms with E-state index in [-0.39, 0.29) is 16.7 Å². The minimum absolute atomic E-state index is 0.0782. The monoisotopic (exact) mass is 447 g/mol. The molecule has 8 heteroatoms. The van der Waals surface area contributed by atoms with Gasteiger partial charge in [-0.1, -0.05) is 27.5 Å². The van der Waals surface area contributed by atoms with E-state index in [1.165, 1.54) is 6.07 Å². The van der Waals surface area contributed by atoms with Crippen molar-refractivity contribution in [3.8, 4) is 5.88 Å². The SMILES string of the molecule is O=[N+]([O-])c1cc(Br)ccc1N1CCC(Oc2ccc3cc(Cl)ccc3n2)C1. The summed E-state index contributed by atoms with van der Waals surface area (Å²) in [4.78, 5) is 17.5. The number of hydrogen-bond donors (Lipinski definition) is 0. The van der Waals surface area contributed by atoms with Gasteiger partial charge in [-0.2, -0.15) is 0 Å². The van der Waals surface area contributed by atoms with Crippen molar-refractivity contribution in [2.45, 2.75) is 12.5 Å². The largest absolute Gasteiger partial charge is 0.472 e. The molecule has 0 N–H and O–H groups in total. The van der Waals surface area contributed by atoms with Crippen molar-refractivity contribution in [1.29, 1.82) is 0 Å². The van der Waals surface area contributed by atoms with E-state index >= 15 is 0 Å². The molecular weight excluding hydrogens is 434 g/mol. The molecule has 3 aromatic rings. The molecule has 138 valence electrons. The van der Waals surface area contributed by atoms with Crippen LogP contribution in [0, 0.1) is 10.1 Å². The number of nitro benzene ring substituents is 1. The predicted molar refractivity (Wildman–Crippen MR) is 109 cm³/mol. The highest BCUT2D eigenvalue weighted by Gasteiger charge is 2.29. The van der Waals surface area contributed by atoms with Crippen LogP contribution in [0.5, 0.6) is 5.88 Å². The average Bonchev–Trinajstić information content (AvgIpc) is 3.10. The van der Waals surface area contributed by atoms with Gasteiger partial charge < -0.3 is 9.64 Å². The molecule has 1 saturated heterocycles. The molecule has 0 bridgehead atoms. The summed E-state index contributed by atoms with van der Waals surface area (Å²) in [6.45, 7) is 1.26. The summed E-state index contributed by atoms with van der Waals surface area (Å²) in [6.07, 6.45) is 0.693. The third-order valence-corrected chi connectivity index (χ3v) is 5.26. The lowest BCUT2D eigenvalue weighted by molar-refractivity contribution is -0.384. The van der Waals surface area contributed by atoms with Gasteiger partial charge in [0.1, 0.15) is 11.8 Å². The Labute approximate surface area is 169 Å². The van der Waals surface area contributed by atoms with E-state index in [4.69, 9.17) is 16.3 Å². The number of nitro groups is 1.